The molecule has 1 aliphatic carbocycles. The third-order valence-corrected chi connectivity index (χ3v) is 3.68. The predicted octanol–water partition coefficient (Wildman–Crippen LogP) is 2.64. The number of hydrogen-bond acceptors (Lipinski definition) is 3. The minimum absolute atomic E-state index is 0.418. The molecule has 0 aliphatic heterocycles. The lowest BCUT2D eigenvalue weighted by atomic mass is 10.0. The molecular weight excluding hydrogens is 212 g/mol. The van der Waals surface area contributed by atoms with Gasteiger partial charge in [0.25, 0.3) is 0 Å². The number of nitrogens with zero attached hydrogens (tertiary/aromatic N) is 2. The van der Waals surface area contributed by atoms with Crippen LogP contribution < -0.4 is 0 Å². The van der Waals surface area contributed by atoms with Crippen LogP contribution in [0.3, 0.4) is 0 Å². The first kappa shape index (κ1) is 10.7. The smallest absolute Gasteiger partial charge is 0.0930 e. The van der Waals surface area contributed by atoms with E-state index in [0.29, 0.717) is 5.92 Å². The normalized spacial score (nSPS) is 27.3. The fraction of sp³-hybridized carbons (Fsp3) is 0.429. The van der Waals surface area contributed by atoms with E-state index in [1.54, 1.807) is 12.4 Å². The molecule has 1 fully saturated rings. The zero-order valence-electron chi connectivity index (χ0n) is 9.93. The Morgan fingerprint density at radius 3 is 2.82 bits per heavy atom. The Bertz CT molecular complexity index is 555. The van der Waals surface area contributed by atoms with Crippen molar-refractivity contribution in [3.8, 4) is 0 Å². The zero-order chi connectivity index (χ0) is 11.9. The van der Waals surface area contributed by atoms with E-state index >= 15 is 0 Å². The molecule has 1 aromatic heterocycles. The monoisotopic (exact) mass is 228 g/mol. The number of benzene rings is 1. The fourth-order valence-electron chi connectivity index (χ4n) is 2.59. The van der Waals surface area contributed by atoms with Crippen molar-refractivity contribution in [3.63, 3.8) is 0 Å². The van der Waals surface area contributed by atoms with Crippen molar-refractivity contribution in [3.05, 3.63) is 36.2 Å². The summed E-state index contributed by atoms with van der Waals surface area (Å²) in [4.78, 5) is 8.52. The first-order valence-corrected chi connectivity index (χ1v) is 6.17. The maximum atomic E-state index is 10.5. The summed E-state index contributed by atoms with van der Waals surface area (Å²) < 4.78 is 0. The lowest BCUT2D eigenvalue weighted by Gasteiger charge is -2.11. The van der Waals surface area contributed by atoms with Crippen molar-refractivity contribution >= 4 is 11.0 Å². The molecule has 0 bridgehead atoms. The van der Waals surface area contributed by atoms with Crippen molar-refractivity contribution < 1.29 is 5.11 Å². The Balaban J connectivity index is 1.97. The van der Waals surface area contributed by atoms with Crippen molar-refractivity contribution in [2.45, 2.75) is 31.8 Å². The third-order valence-electron chi connectivity index (χ3n) is 3.68. The summed E-state index contributed by atoms with van der Waals surface area (Å²) in [5, 5.41) is 10.5. The van der Waals surface area contributed by atoms with Crippen molar-refractivity contribution in [2.75, 3.05) is 0 Å². The van der Waals surface area contributed by atoms with Crippen LogP contribution in [0.25, 0.3) is 11.0 Å². The van der Waals surface area contributed by atoms with E-state index in [1.165, 1.54) is 0 Å². The first-order chi connectivity index (χ1) is 8.24. The molecule has 1 aliphatic rings. The number of hydrogen-bond donors (Lipinski definition) is 1. The first-order valence-electron chi connectivity index (χ1n) is 6.17. The van der Waals surface area contributed by atoms with E-state index in [0.717, 1.165) is 35.9 Å². The van der Waals surface area contributed by atoms with Crippen LogP contribution >= 0.6 is 0 Å². The van der Waals surface area contributed by atoms with Crippen molar-refractivity contribution in [1.29, 1.82) is 0 Å². The van der Waals surface area contributed by atoms with E-state index in [2.05, 4.69) is 16.9 Å². The predicted molar refractivity (Wildman–Crippen MR) is 66.4 cm³/mol. The van der Waals surface area contributed by atoms with Gasteiger partial charge in [0.05, 0.1) is 16.6 Å². The maximum absolute atomic E-state index is 10.5. The molecule has 88 valence electrons. The van der Waals surface area contributed by atoms with Crippen molar-refractivity contribution in [2.24, 2.45) is 5.92 Å². The van der Waals surface area contributed by atoms with E-state index in [9.17, 15) is 5.11 Å². The standard InChI is InChI=1S/C14H16N2O/c1-2-3-11-9-14(11,17)10-4-5-12-13(8-10)16-7-6-15-12/h4-8,11,17H,2-3,9H2,1H3. The minimum Gasteiger partial charge on any atom is -0.385 e. The summed E-state index contributed by atoms with van der Waals surface area (Å²) in [6, 6.07) is 5.89. The Labute approximate surface area is 101 Å². The molecule has 3 rings (SSSR count). The molecule has 0 amide bonds. The Kier molecular flexibility index (Phi) is 2.37. The number of aliphatic hydroxyl groups is 1. The van der Waals surface area contributed by atoms with Gasteiger partial charge >= 0.3 is 0 Å². The molecule has 0 spiro atoms. The van der Waals surface area contributed by atoms with Gasteiger partial charge in [0.2, 0.25) is 0 Å². The second-order valence-electron chi connectivity index (χ2n) is 4.87. The van der Waals surface area contributed by atoms with Gasteiger partial charge in [-0.2, -0.15) is 0 Å². The van der Waals surface area contributed by atoms with E-state index in [4.69, 9.17) is 0 Å². The zero-order valence-corrected chi connectivity index (χ0v) is 9.93. The summed E-state index contributed by atoms with van der Waals surface area (Å²) in [7, 11) is 0. The Hall–Kier alpha value is -1.48. The second kappa shape index (κ2) is 3.77. The summed E-state index contributed by atoms with van der Waals surface area (Å²) >= 11 is 0. The van der Waals surface area contributed by atoms with Crippen LogP contribution in [0, 0.1) is 5.92 Å². The van der Waals surface area contributed by atoms with Gasteiger partial charge in [0.15, 0.2) is 0 Å². The highest BCUT2D eigenvalue weighted by atomic mass is 16.3. The van der Waals surface area contributed by atoms with Gasteiger partial charge in [0, 0.05) is 12.4 Å². The van der Waals surface area contributed by atoms with Crippen LogP contribution in [-0.4, -0.2) is 15.1 Å². The van der Waals surface area contributed by atoms with E-state index in [-0.39, 0.29) is 0 Å². The third kappa shape index (κ3) is 1.71. The van der Waals surface area contributed by atoms with Crippen LogP contribution in [0.5, 0.6) is 0 Å². The molecule has 1 heterocycles. The molecule has 3 heteroatoms. The summed E-state index contributed by atoms with van der Waals surface area (Å²) in [5.41, 5.74) is 2.12. The van der Waals surface area contributed by atoms with E-state index < -0.39 is 5.60 Å². The molecule has 0 saturated heterocycles. The van der Waals surface area contributed by atoms with Crippen LogP contribution in [-0.2, 0) is 5.60 Å². The lowest BCUT2D eigenvalue weighted by Crippen LogP contribution is -2.08. The van der Waals surface area contributed by atoms with Crippen LogP contribution in [0.15, 0.2) is 30.6 Å². The molecule has 3 nitrogen and oxygen atoms in total. The van der Waals surface area contributed by atoms with E-state index in [1.807, 2.05) is 18.2 Å². The molecule has 2 atom stereocenters. The summed E-state index contributed by atoms with van der Waals surface area (Å²) in [6.07, 6.45) is 6.47. The van der Waals surface area contributed by atoms with Gasteiger partial charge in [-0.1, -0.05) is 19.4 Å². The maximum Gasteiger partial charge on any atom is 0.0930 e. The average molecular weight is 228 g/mol. The molecular formula is C14H16N2O. The number of rotatable bonds is 3. The van der Waals surface area contributed by atoms with Crippen molar-refractivity contribution in [1.82, 2.24) is 9.97 Å². The quantitative estimate of drug-likeness (QED) is 0.878. The highest BCUT2D eigenvalue weighted by Gasteiger charge is 2.53. The number of aromatic nitrogens is 2. The molecule has 2 unspecified atom stereocenters. The topological polar surface area (TPSA) is 46.0 Å². The largest absolute Gasteiger partial charge is 0.385 e. The highest BCUT2D eigenvalue weighted by Crippen LogP contribution is 2.54. The summed E-state index contributed by atoms with van der Waals surface area (Å²) in [5.74, 6) is 0.418. The minimum atomic E-state index is -0.609. The molecule has 0 radical (unpaired) electrons. The Morgan fingerprint density at radius 1 is 1.29 bits per heavy atom. The molecule has 17 heavy (non-hydrogen) atoms. The highest BCUT2D eigenvalue weighted by molar-refractivity contribution is 5.74. The van der Waals surface area contributed by atoms with Gasteiger partial charge in [-0.3, -0.25) is 9.97 Å². The van der Waals surface area contributed by atoms with Gasteiger partial charge in [-0.25, -0.2) is 0 Å². The van der Waals surface area contributed by atoms with Gasteiger partial charge in [-0.05, 0) is 36.5 Å². The SMILES string of the molecule is CCCC1CC1(O)c1ccc2nccnc2c1. The van der Waals surface area contributed by atoms with Crippen LogP contribution in [0.2, 0.25) is 0 Å². The molecule has 2 aromatic rings. The van der Waals surface area contributed by atoms with Crippen LogP contribution in [0.4, 0.5) is 0 Å². The van der Waals surface area contributed by atoms with Gasteiger partial charge < -0.3 is 5.11 Å². The second-order valence-corrected chi connectivity index (χ2v) is 4.87. The van der Waals surface area contributed by atoms with Gasteiger partial charge in [0.1, 0.15) is 0 Å². The number of fused-ring (bicyclic) bond motifs is 1. The average Bonchev–Trinajstić information content (AvgIpc) is 3.01. The molecule has 1 saturated carbocycles. The molecule has 1 N–H and O–H groups in total. The van der Waals surface area contributed by atoms with Gasteiger partial charge in [-0.15, -0.1) is 0 Å². The van der Waals surface area contributed by atoms with Crippen LogP contribution in [0.1, 0.15) is 31.7 Å². The lowest BCUT2D eigenvalue weighted by molar-refractivity contribution is 0.129. The fourth-order valence-corrected chi connectivity index (χ4v) is 2.59. The molecule has 1 aromatic carbocycles. The Morgan fingerprint density at radius 2 is 2.06 bits per heavy atom. The summed E-state index contributed by atoms with van der Waals surface area (Å²) in [6.45, 7) is 2.16.